The van der Waals surface area contributed by atoms with Crippen molar-refractivity contribution in [1.29, 1.82) is 0 Å². The number of hydrogen-bond acceptors (Lipinski definition) is 5. The number of hydrogen-bond donors (Lipinski definition) is 0. The molecule has 0 unspecified atom stereocenters. The quantitative estimate of drug-likeness (QED) is 0.402. The van der Waals surface area contributed by atoms with Gasteiger partial charge in [-0.1, -0.05) is 60.7 Å². The molecule has 0 amide bonds. The van der Waals surface area contributed by atoms with Crippen LogP contribution in [0.3, 0.4) is 0 Å². The third-order valence-corrected chi connectivity index (χ3v) is 5.06. The van der Waals surface area contributed by atoms with Gasteiger partial charge in [0.15, 0.2) is 5.78 Å². The van der Waals surface area contributed by atoms with Gasteiger partial charge in [0.25, 0.3) is 5.78 Å². The zero-order chi connectivity index (χ0) is 22.1. The van der Waals surface area contributed by atoms with Gasteiger partial charge < -0.3 is 0 Å². The maximum Gasteiger partial charge on any atom is 0.352 e. The van der Waals surface area contributed by atoms with Gasteiger partial charge in [0, 0.05) is 16.7 Å². The van der Waals surface area contributed by atoms with E-state index in [9.17, 15) is 14.0 Å². The van der Waals surface area contributed by atoms with E-state index >= 15 is 0 Å². The first-order chi connectivity index (χ1) is 15.6. The molecule has 0 atom stereocenters. The second kappa shape index (κ2) is 7.99. The number of halogens is 1. The largest absolute Gasteiger partial charge is 0.352 e. The van der Waals surface area contributed by atoms with Gasteiger partial charge in [-0.15, -0.1) is 15.3 Å². The fourth-order valence-electron chi connectivity index (χ4n) is 3.52. The van der Waals surface area contributed by atoms with E-state index in [0.29, 0.717) is 11.4 Å². The third kappa shape index (κ3) is 3.47. The summed E-state index contributed by atoms with van der Waals surface area (Å²) in [6.07, 6.45) is 0. The summed E-state index contributed by atoms with van der Waals surface area (Å²) in [6.45, 7) is -0.303. The lowest BCUT2D eigenvalue weighted by Gasteiger charge is -2.09. The molecule has 0 saturated heterocycles. The Labute approximate surface area is 181 Å². The van der Waals surface area contributed by atoms with Crippen molar-refractivity contribution in [2.24, 2.45) is 0 Å². The zero-order valence-electron chi connectivity index (χ0n) is 16.7. The topological polar surface area (TPSA) is 82.2 Å². The molecule has 3 aromatic carbocycles. The number of fused-ring (bicyclic) bond motifs is 1. The molecule has 0 aliphatic carbocycles. The third-order valence-electron chi connectivity index (χ3n) is 5.06. The molecule has 0 N–H and O–H groups in total. The molecule has 5 rings (SSSR count). The Morgan fingerprint density at radius 1 is 0.812 bits per heavy atom. The van der Waals surface area contributed by atoms with Crippen molar-refractivity contribution in [2.75, 3.05) is 0 Å². The summed E-state index contributed by atoms with van der Waals surface area (Å²) < 4.78 is 15.6. The monoisotopic (exact) mass is 425 g/mol. The van der Waals surface area contributed by atoms with Crippen molar-refractivity contribution in [1.82, 2.24) is 24.4 Å². The molecular formula is C24H16FN5O2. The van der Waals surface area contributed by atoms with Crippen molar-refractivity contribution in [3.63, 3.8) is 0 Å². The summed E-state index contributed by atoms with van der Waals surface area (Å²) in [6, 6.07) is 23.9. The van der Waals surface area contributed by atoms with Crippen LogP contribution in [-0.4, -0.2) is 30.2 Å². The highest BCUT2D eigenvalue weighted by atomic mass is 19.1. The van der Waals surface area contributed by atoms with Crippen molar-refractivity contribution in [2.45, 2.75) is 6.54 Å². The first-order valence-corrected chi connectivity index (χ1v) is 9.87. The normalized spacial score (nSPS) is 11.0. The minimum Gasteiger partial charge on any atom is -0.292 e. The van der Waals surface area contributed by atoms with E-state index in [1.165, 1.54) is 28.7 Å². The van der Waals surface area contributed by atoms with E-state index in [2.05, 4.69) is 15.3 Å². The van der Waals surface area contributed by atoms with Gasteiger partial charge in [0.05, 0.1) is 5.69 Å². The number of ketones is 1. The van der Waals surface area contributed by atoms with Crippen LogP contribution in [0.2, 0.25) is 0 Å². The van der Waals surface area contributed by atoms with Crippen LogP contribution in [0.15, 0.2) is 89.7 Å². The average molecular weight is 425 g/mol. The number of aromatic nitrogens is 5. The molecule has 0 radical (unpaired) electrons. The van der Waals surface area contributed by atoms with E-state index in [1.54, 1.807) is 0 Å². The SMILES string of the molecule is O=C(Cn1nc2nnc(-c3ccccc3)c(-c3ccccc3)n2c1=O)c1ccc(F)cc1. The highest BCUT2D eigenvalue weighted by Crippen LogP contribution is 2.29. The second-order valence-electron chi connectivity index (χ2n) is 7.13. The van der Waals surface area contributed by atoms with Gasteiger partial charge in [0.1, 0.15) is 18.1 Å². The Balaban J connectivity index is 1.68. The molecule has 0 spiro atoms. The van der Waals surface area contributed by atoms with Crippen molar-refractivity contribution in [3.8, 4) is 22.5 Å². The molecule has 2 heterocycles. The van der Waals surface area contributed by atoms with Crippen molar-refractivity contribution in [3.05, 3.63) is 107 Å². The lowest BCUT2D eigenvalue weighted by molar-refractivity contribution is 0.0966. The van der Waals surface area contributed by atoms with Gasteiger partial charge in [-0.05, 0) is 24.3 Å². The fourth-order valence-corrected chi connectivity index (χ4v) is 3.52. The predicted molar refractivity (Wildman–Crippen MR) is 117 cm³/mol. The zero-order valence-corrected chi connectivity index (χ0v) is 16.7. The van der Waals surface area contributed by atoms with Gasteiger partial charge in [-0.2, -0.15) is 0 Å². The molecule has 156 valence electrons. The maximum absolute atomic E-state index is 13.3. The molecule has 5 aromatic rings. The van der Waals surface area contributed by atoms with Crippen LogP contribution in [0.5, 0.6) is 0 Å². The van der Waals surface area contributed by atoms with E-state index < -0.39 is 11.5 Å². The number of carbonyl (C=O) groups is 1. The van der Waals surface area contributed by atoms with E-state index in [-0.39, 0.29) is 23.7 Å². The Morgan fingerprint density at radius 2 is 1.44 bits per heavy atom. The van der Waals surface area contributed by atoms with Crippen LogP contribution in [0.25, 0.3) is 28.3 Å². The number of rotatable bonds is 5. The van der Waals surface area contributed by atoms with Crippen LogP contribution in [0, 0.1) is 5.82 Å². The Kier molecular flexibility index (Phi) is 4.87. The predicted octanol–water partition coefficient (Wildman–Crippen LogP) is 3.64. The summed E-state index contributed by atoms with van der Waals surface area (Å²) in [5.74, 6) is -0.726. The summed E-state index contributed by atoms with van der Waals surface area (Å²) in [5, 5.41) is 12.7. The Morgan fingerprint density at radius 3 is 2.09 bits per heavy atom. The summed E-state index contributed by atoms with van der Waals surface area (Å²) in [4.78, 5) is 25.9. The minimum absolute atomic E-state index is 0.0837. The van der Waals surface area contributed by atoms with Crippen LogP contribution < -0.4 is 5.69 Å². The molecule has 2 aromatic heterocycles. The maximum atomic E-state index is 13.3. The number of carbonyl (C=O) groups excluding carboxylic acids is 1. The molecular weight excluding hydrogens is 409 g/mol. The second-order valence-corrected chi connectivity index (χ2v) is 7.13. The Bertz CT molecular complexity index is 1480. The molecule has 0 aliphatic rings. The highest BCUT2D eigenvalue weighted by molar-refractivity contribution is 5.95. The highest BCUT2D eigenvalue weighted by Gasteiger charge is 2.20. The smallest absolute Gasteiger partial charge is 0.292 e. The molecule has 0 bridgehead atoms. The van der Waals surface area contributed by atoms with Crippen LogP contribution in [0.4, 0.5) is 4.39 Å². The van der Waals surface area contributed by atoms with Crippen molar-refractivity contribution < 1.29 is 9.18 Å². The lowest BCUT2D eigenvalue weighted by atomic mass is 10.0. The van der Waals surface area contributed by atoms with Gasteiger partial charge >= 0.3 is 5.69 Å². The van der Waals surface area contributed by atoms with Gasteiger partial charge in [-0.25, -0.2) is 18.3 Å². The van der Waals surface area contributed by atoms with Crippen LogP contribution in [-0.2, 0) is 6.54 Å². The molecule has 0 fully saturated rings. The summed E-state index contributed by atoms with van der Waals surface area (Å²) in [5.41, 5.74) is 2.39. The molecule has 7 nitrogen and oxygen atoms in total. The van der Waals surface area contributed by atoms with Gasteiger partial charge in [0.2, 0.25) is 0 Å². The minimum atomic E-state index is -0.513. The average Bonchev–Trinajstić information content (AvgIpc) is 3.15. The molecule has 8 heteroatoms. The lowest BCUT2D eigenvalue weighted by Crippen LogP contribution is -2.26. The van der Waals surface area contributed by atoms with Crippen LogP contribution >= 0.6 is 0 Å². The fraction of sp³-hybridized carbons (Fsp3) is 0.0417. The number of Topliss-reactive ketones (excluding diaryl/α,β-unsaturated/α-hetero) is 1. The number of benzene rings is 3. The summed E-state index contributed by atoms with van der Waals surface area (Å²) in [7, 11) is 0. The molecule has 0 saturated carbocycles. The summed E-state index contributed by atoms with van der Waals surface area (Å²) >= 11 is 0. The molecule has 32 heavy (non-hydrogen) atoms. The van der Waals surface area contributed by atoms with Crippen LogP contribution in [0.1, 0.15) is 10.4 Å². The number of nitrogens with zero attached hydrogens (tertiary/aromatic N) is 5. The standard InChI is InChI=1S/C24H16FN5O2/c25-19-13-11-16(12-14-19)20(31)15-29-24(32)30-22(18-9-5-2-6-10-18)21(26-27-23(30)28-29)17-7-3-1-4-8-17/h1-14H,15H2. The molecule has 0 aliphatic heterocycles. The van der Waals surface area contributed by atoms with Gasteiger partial charge in [-0.3, -0.25) is 4.79 Å². The van der Waals surface area contributed by atoms with E-state index in [4.69, 9.17) is 0 Å². The van der Waals surface area contributed by atoms with E-state index in [1.807, 2.05) is 60.7 Å². The van der Waals surface area contributed by atoms with E-state index in [0.717, 1.165) is 15.8 Å². The van der Waals surface area contributed by atoms with Crippen molar-refractivity contribution >= 4 is 11.6 Å². The first kappa shape index (κ1) is 19.5. The Hall–Kier alpha value is -4.46. The first-order valence-electron chi connectivity index (χ1n) is 9.87.